The Labute approximate surface area is 245 Å². The number of benzene rings is 3. The molecule has 0 aliphatic carbocycles. The van der Waals surface area contributed by atoms with Crippen molar-refractivity contribution in [2.75, 3.05) is 13.1 Å². The van der Waals surface area contributed by atoms with Crippen molar-refractivity contribution >= 4 is 39.4 Å². The molecule has 3 aromatic rings. The number of carbonyl (C=O) groups is 2. The van der Waals surface area contributed by atoms with Crippen LogP contribution in [0.2, 0.25) is 0 Å². The van der Waals surface area contributed by atoms with Crippen molar-refractivity contribution in [1.29, 1.82) is 5.41 Å². The Kier molecular flexibility index (Phi) is 7.39. The topological polar surface area (TPSA) is 129 Å². The fraction of sp³-hybridized carbons (Fsp3) is 0.172. The third-order valence-corrected chi connectivity index (χ3v) is 7.60. The maximum absolute atomic E-state index is 14.1. The highest BCUT2D eigenvalue weighted by atomic mass is 79.9. The normalized spacial score (nSPS) is 19.0. The minimum absolute atomic E-state index is 0.0728. The number of rotatable bonds is 6. The summed E-state index contributed by atoms with van der Waals surface area (Å²) < 4.78 is 53.6. The fourth-order valence-electron chi connectivity index (χ4n) is 5.05. The van der Waals surface area contributed by atoms with E-state index in [4.69, 9.17) is 16.9 Å². The summed E-state index contributed by atoms with van der Waals surface area (Å²) in [7, 11) is 0. The molecule has 2 heterocycles. The average molecular weight is 643 g/mol. The molecule has 0 bridgehead atoms. The van der Waals surface area contributed by atoms with Gasteiger partial charge in [-0.05, 0) is 53.1 Å². The van der Waals surface area contributed by atoms with E-state index in [0.717, 1.165) is 4.90 Å². The number of halogens is 5. The zero-order valence-corrected chi connectivity index (χ0v) is 23.3. The summed E-state index contributed by atoms with van der Waals surface area (Å²) in [6.45, 7) is -0.783. The first kappa shape index (κ1) is 29.0. The van der Waals surface area contributed by atoms with Gasteiger partial charge in [0.15, 0.2) is 11.5 Å². The molecule has 0 radical (unpaired) electrons. The van der Waals surface area contributed by atoms with Crippen molar-refractivity contribution < 1.29 is 27.2 Å². The van der Waals surface area contributed by atoms with Crippen LogP contribution < -0.4 is 11.5 Å². The zero-order chi connectivity index (χ0) is 30.4. The van der Waals surface area contributed by atoms with Crippen LogP contribution in [0.5, 0.6) is 0 Å². The van der Waals surface area contributed by atoms with E-state index in [1.54, 1.807) is 36.4 Å². The maximum atomic E-state index is 14.1. The third kappa shape index (κ3) is 5.15. The van der Waals surface area contributed by atoms with Crippen molar-refractivity contribution in [3.63, 3.8) is 0 Å². The number of aliphatic imine (C=N–C) groups is 1. The standard InChI is InChI=1S/C29H23BrF4N6O2/c30-20-6-2-5-19(12-20)28(18-7-9-21(31)10-8-18)26(42)40(27(37)38-28)13-16-3-1-4-17(11-16)25(41)39-14-22(23(35)15-39)24(36)29(32,33)34/h1-12,36H,13-15,35H2,(H2,37,38). The number of nitrogens with one attached hydrogen (secondary N) is 1. The number of amides is 2. The summed E-state index contributed by atoms with van der Waals surface area (Å²) >= 11 is 3.42. The first-order chi connectivity index (χ1) is 19.8. The van der Waals surface area contributed by atoms with Crippen molar-refractivity contribution in [2.24, 2.45) is 16.5 Å². The Morgan fingerprint density at radius 1 is 1.00 bits per heavy atom. The van der Waals surface area contributed by atoms with Crippen molar-refractivity contribution in [1.82, 2.24) is 9.80 Å². The Bertz CT molecular complexity index is 1670. The smallest absolute Gasteiger partial charge is 0.400 e. The summed E-state index contributed by atoms with van der Waals surface area (Å²) in [4.78, 5) is 34.2. The number of alkyl halides is 3. The number of nitrogens with zero attached hydrogens (tertiary/aromatic N) is 3. The molecular formula is C29H23BrF4N6O2. The van der Waals surface area contributed by atoms with Crippen LogP contribution in [0.4, 0.5) is 17.6 Å². The van der Waals surface area contributed by atoms with Gasteiger partial charge in [-0.1, -0.05) is 52.3 Å². The maximum Gasteiger partial charge on any atom is 0.433 e. The van der Waals surface area contributed by atoms with Gasteiger partial charge in [0.05, 0.1) is 19.6 Å². The predicted molar refractivity (Wildman–Crippen MR) is 151 cm³/mol. The summed E-state index contributed by atoms with van der Waals surface area (Å²) in [5.41, 5.74) is 9.78. The molecule has 2 aliphatic heterocycles. The average Bonchev–Trinajstić information content (AvgIpc) is 3.45. The molecule has 3 aromatic carbocycles. The Morgan fingerprint density at radius 3 is 2.36 bits per heavy atom. The van der Waals surface area contributed by atoms with E-state index in [-0.39, 0.29) is 30.3 Å². The highest BCUT2D eigenvalue weighted by molar-refractivity contribution is 9.10. The second kappa shape index (κ2) is 10.7. The first-order valence-electron chi connectivity index (χ1n) is 12.5. The van der Waals surface area contributed by atoms with Crippen LogP contribution in [0.1, 0.15) is 27.0 Å². The first-order valence-corrected chi connectivity index (χ1v) is 13.3. The van der Waals surface area contributed by atoms with Crippen LogP contribution in [0.15, 0.2) is 93.5 Å². The van der Waals surface area contributed by atoms with E-state index in [1.165, 1.54) is 41.3 Å². The molecule has 0 fully saturated rings. The lowest BCUT2D eigenvalue weighted by atomic mass is 9.83. The monoisotopic (exact) mass is 642 g/mol. The molecule has 1 unspecified atom stereocenters. The Morgan fingerprint density at radius 2 is 1.69 bits per heavy atom. The van der Waals surface area contributed by atoms with E-state index < -0.39 is 47.2 Å². The van der Waals surface area contributed by atoms with Gasteiger partial charge in [-0.3, -0.25) is 19.9 Å². The second-order valence-corrected chi connectivity index (χ2v) is 10.7. The van der Waals surface area contributed by atoms with Crippen LogP contribution in [0.3, 0.4) is 0 Å². The number of guanidine groups is 1. The molecule has 13 heteroatoms. The highest BCUT2D eigenvalue weighted by Gasteiger charge is 2.50. The number of hydrogen-bond donors (Lipinski definition) is 3. The molecule has 1 atom stereocenters. The van der Waals surface area contributed by atoms with E-state index in [0.29, 0.717) is 21.2 Å². The summed E-state index contributed by atoms with van der Waals surface area (Å²) in [6.07, 6.45) is -4.89. The van der Waals surface area contributed by atoms with Gasteiger partial charge in [-0.25, -0.2) is 9.38 Å². The van der Waals surface area contributed by atoms with Gasteiger partial charge in [0.2, 0.25) is 0 Å². The lowest BCUT2D eigenvalue weighted by molar-refractivity contribution is -0.130. The molecule has 0 saturated carbocycles. The molecule has 8 nitrogen and oxygen atoms in total. The van der Waals surface area contributed by atoms with E-state index in [2.05, 4.69) is 20.9 Å². The Hall–Kier alpha value is -4.52. The number of hydrogen-bond acceptors (Lipinski definition) is 6. The summed E-state index contributed by atoms with van der Waals surface area (Å²) in [5, 5.41) is 7.40. The molecule has 0 spiro atoms. The van der Waals surface area contributed by atoms with E-state index in [9.17, 15) is 27.2 Å². The Balaban J connectivity index is 1.41. The second-order valence-electron chi connectivity index (χ2n) is 9.83. The molecule has 2 amide bonds. The van der Waals surface area contributed by atoms with Gasteiger partial charge in [-0.2, -0.15) is 13.2 Å². The molecule has 2 aliphatic rings. The van der Waals surface area contributed by atoms with Crippen LogP contribution >= 0.6 is 15.9 Å². The van der Waals surface area contributed by atoms with E-state index in [1.807, 2.05) is 0 Å². The molecular weight excluding hydrogens is 620 g/mol. The van der Waals surface area contributed by atoms with E-state index >= 15 is 0 Å². The van der Waals surface area contributed by atoms with Crippen LogP contribution in [-0.2, 0) is 16.9 Å². The largest absolute Gasteiger partial charge is 0.433 e. The van der Waals surface area contributed by atoms with Gasteiger partial charge in [-0.15, -0.1) is 0 Å². The molecule has 5 N–H and O–H groups in total. The van der Waals surface area contributed by atoms with Crippen LogP contribution in [0, 0.1) is 11.2 Å². The van der Waals surface area contributed by atoms with Gasteiger partial charge < -0.3 is 16.4 Å². The molecule has 0 saturated heterocycles. The predicted octanol–water partition coefficient (Wildman–Crippen LogP) is 4.44. The lowest BCUT2D eigenvalue weighted by Crippen LogP contribution is -2.43. The van der Waals surface area contributed by atoms with Crippen molar-refractivity contribution in [2.45, 2.75) is 18.3 Å². The SMILES string of the molecule is N=C(C1=C(N)CN(C(=O)c2cccc(CN3C(=O)C(c4ccc(F)cc4)(c4cccc(Br)c4)N=C3N)c2)C1)C(F)(F)F. The van der Waals surface area contributed by atoms with Crippen molar-refractivity contribution in [3.05, 3.63) is 117 Å². The summed E-state index contributed by atoms with van der Waals surface area (Å²) in [5.74, 6) is -1.66. The fourth-order valence-corrected chi connectivity index (χ4v) is 5.45. The molecule has 216 valence electrons. The zero-order valence-electron chi connectivity index (χ0n) is 21.8. The molecule has 0 aromatic heterocycles. The summed E-state index contributed by atoms with van der Waals surface area (Å²) in [6, 6.07) is 18.6. The third-order valence-electron chi connectivity index (χ3n) is 7.10. The number of nitrogens with two attached hydrogens (primary N) is 2. The molecule has 42 heavy (non-hydrogen) atoms. The quantitative estimate of drug-likeness (QED) is 0.271. The van der Waals surface area contributed by atoms with Crippen LogP contribution in [0.25, 0.3) is 0 Å². The minimum atomic E-state index is -4.89. The van der Waals surface area contributed by atoms with Crippen LogP contribution in [-0.4, -0.2) is 52.6 Å². The highest BCUT2D eigenvalue weighted by Crippen LogP contribution is 2.41. The number of carbonyl (C=O) groups excluding carboxylic acids is 2. The van der Waals surface area contributed by atoms with Gasteiger partial charge in [0, 0.05) is 21.3 Å². The molecule has 5 rings (SSSR count). The van der Waals surface area contributed by atoms with Gasteiger partial charge >= 0.3 is 6.18 Å². The van der Waals surface area contributed by atoms with Gasteiger partial charge in [0.1, 0.15) is 11.5 Å². The van der Waals surface area contributed by atoms with Gasteiger partial charge in [0.25, 0.3) is 11.8 Å². The minimum Gasteiger partial charge on any atom is -0.400 e. The van der Waals surface area contributed by atoms with Crippen molar-refractivity contribution in [3.8, 4) is 0 Å². The lowest BCUT2D eigenvalue weighted by Gasteiger charge is -2.27.